The highest BCUT2D eigenvalue weighted by molar-refractivity contribution is 5.94. The van der Waals surface area contributed by atoms with Gasteiger partial charge in [-0.2, -0.15) is 0 Å². The summed E-state index contributed by atoms with van der Waals surface area (Å²) in [6.45, 7) is 3.12. The number of rotatable bonds is 14. The molecule has 4 amide bonds. The summed E-state index contributed by atoms with van der Waals surface area (Å²) in [7, 11) is 0. The minimum Gasteiger partial charge on any atom is -0.480 e. The van der Waals surface area contributed by atoms with Crippen molar-refractivity contribution in [2.75, 3.05) is 13.1 Å². The van der Waals surface area contributed by atoms with Crippen LogP contribution in [0.2, 0.25) is 0 Å². The van der Waals surface area contributed by atoms with Crippen molar-refractivity contribution in [3.8, 4) is 0 Å². The summed E-state index contributed by atoms with van der Waals surface area (Å²) in [6.07, 6.45) is -0.112. The smallest absolute Gasteiger partial charge is 0.326 e. The Labute approximate surface area is 179 Å². The van der Waals surface area contributed by atoms with Crippen molar-refractivity contribution >= 4 is 35.6 Å². The number of hydrogen-bond donors (Lipinski definition) is 8. The highest BCUT2D eigenvalue weighted by Gasteiger charge is 2.31. The molecule has 0 aromatic heterocycles. The highest BCUT2D eigenvalue weighted by atomic mass is 16.4. The molecule has 0 heterocycles. The van der Waals surface area contributed by atoms with Crippen LogP contribution in [0, 0.1) is 5.92 Å². The maximum absolute atomic E-state index is 12.7. The number of guanidine groups is 1. The van der Waals surface area contributed by atoms with Gasteiger partial charge in [-0.3, -0.25) is 24.2 Å². The van der Waals surface area contributed by atoms with Crippen LogP contribution in [0.3, 0.4) is 0 Å². The lowest BCUT2D eigenvalue weighted by Crippen LogP contribution is -2.58. The Morgan fingerprint density at radius 3 is 2.00 bits per heavy atom. The fraction of sp³-hybridized carbons (Fsp3) is 0.647. The molecule has 0 aliphatic rings. The predicted octanol–water partition coefficient (Wildman–Crippen LogP) is -3.93. The van der Waals surface area contributed by atoms with Crippen LogP contribution in [0.25, 0.3) is 0 Å². The third-order valence-corrected chi connectivity index (χ3v) is 4.05. The van der Waals surface area contributed by atoms with Gasteiger partial charge in [0, 0.05) is 6.54 Å². The molecule has 31 heavy (non-hydrogen) atoms. The summed E-state index contributed by atoms with van der Waals surface area (Å²) in [5, 5.41) is 16.3. The van der Waals surface area contributed by atoms with Crippen LogP contribution in [0.1, 0.15) is 33.1 Å². The number of hydrogen-bond acceptors (Lipinski definition) is 7. The average molecular weight is 444 g/mol. The Hall–Kier alpha value is -3.42. The Bertz CT molecular complexity index is 692. The quantitative estimate of drug-likeness (QED) is 0.0737. The lowest BCUT2D eigenvalue weighted by atomic mass is 10.0. The Morgan fingerprint density at radius 2 is 1.55 bits per heavy atom. The van der Waals surface area contributed by atoms with E-state index in [0.717, 1.165) is 0 Å². The fourth-order valence-electron chi connectivity index (χ4n) is 2.48. The van der Waals surface area contributed by atoms with Crippen LogP contribution in [-0.2, 0) is 24.0 Å². The molecule has 0 aliphatic carbocycles. The highest BCUT2D eigenvalue weighted by Crippen LogP contribution is 2.06. The summed E-state index contributed by atoms with van der Waals surface area (Å²) in [6, 6.07) is -3.71. The molecule has 0 aromatic carbocycles. The molecule has 3 unspecified atom stereocenters. The molecule has 12 N–H and O–H groups in total. The van der Waals surface area contributed by atoms with Gasteiger partial charge in [-0.1, -0.05) is 13.8 Å². The van der Waals surface area contributed by atoms with Crippen molar-refractivity contribution in [3.63, 3.8) is 0 Å². The molecule has 0 fully saturated rings. The molecule has 0 spiro atoms. The molecular weight excluding hydrogens is 412 g/mol. The number of nitrogens with two attached hydrogens (primary N) is 4. The Morgan fingerprint density at radius 1 is 0.935 bits per heavy atom. The van der Waals surface area contributed by atoms with E-state index in [2.05, 4.69) is 20.9 Å². The van der Waals surface area contributed by atoms with E-state index in [4.69, 9.17) is 28.0 Å². The number of aliphatic carboxylic acids is 1. The molecule has 0 aliphatic heterocycles. The summed E-state index contributed by atoms with van der Waals surface area (Å²) >= 11 is 0. The molecule has 0 saturated heterocycles. The third-order valence-electron chi connectivity index (χ3n) is 4.05. The number of carbonyl (C=O) groups is 5. The van der Waals surface area contributed by atoms with E-state index < -0.39 is 60.1 Å². The molecule has 3 atom stereocenters. The van der Waals surface area contributed by atoms with Crippen molar-refractivity contribution in [2.45, 2.75) is 51.2 Å². The monoisotopic (exact) mass is 444 g/mol. The van der Waals surface area contributed by atoms with E-state index in [1.807, 2.05) is 0 Å². The van der Waals surface area contributed by atoms with Gasteiger partial charge in [0.15, 0.2) is 5.96 Å². The number of aliphatic imine (C=N–C) groups is 1. The number of amides is 4. The minimum atomic E-state index is -1.55. The number of carboxylic acids is 1. The van der Waals surface area contributed by atoms with E-state index in [0.29, 0.717) is 6.42 Å². The van der Waals surface area contributed by atoms with Gasteiger partial charge in [-0.25, -0.2) is 4.79 Å². The molecule has 14 heteroatoms. The van der Waals surface area contributed by atoms with Crippen molar-refractivity contribution in [1.82, 2.24) is 16.0 Å². The Balaban J connectivity index is 5.31. The van der Waals surface area contributed by atoms with Crippen molar-refractivity contribution in [3.05, 3.63) is 0 Å². The van der Waals surface area contributed by atoms with Crippen LogP contribution in [0.15, 0.2) is 4.99 Å². The van der Waals surface area contributed by atoms with Gasteiger partial charge >= 0.3 is 5.97 Å². The zero-order chi connectivity index (χ0) is 24.1. The number of carbonyl (C=O) groups excluding carboxylic acids is 4. The first-order valence-electron chi connectivity index (χ1n) is 9.55. The van der Waals surface area contributed by atoms with Gasteiger partial charge < -0.3 is 44.0 Å². The van der Waals surface area contributed by atoms with Crippen LogP contribution >= 0.6 is 0 Å². The molecular formula is C17H32N8O6. The standard InChI is InChI=1S/C17H32N8O6/c1-8(2)13(15(29)24-10(16(30)31)6-11(19)26)25-14(28)9(23-12(27)7-18)4-3-5-22-17(20)21/h8-10,13H,3-7,18H2,1-2H3,(H2,19,26)(H,23,27)(H,24,29)(H,25,28)(H,30,31)(H4,20,21,22). The Kier molecular flexibility index (Phi) is 12.2. The first kappa shape index (κ1) is 27.6. The van der Waals surface area contributed by atoms with Gasteiger partial charge in [0.25, 0.3) is 0 Å². The van der Waals surface area contributed by atoms with E-state index in [9.17, 15) is 24.0 Å². The van der Waals surface area contributed by atoms with Gasteiger partial charge in [0.05, 0.1) is 13.0 Å². The van der Waals surface area contributed by atoms with Crippen LogP contribution in [0.5, 0.6) is 0 Å². The van der Waals surface area contributed by atoms with E-state index in [1.165, 1.54) is 0 Å². The maximum Gasteiger partial charge on any atom is 0.326 e. The first-order valence-corrected chi connectivity index (χ1v) is 9.55. The molecule has 0 saturated carbocycles. The molecule has 176 valence electrons. The van der Waals surface area contributed by atoms with Gasteiger partial charge in [-0.05, 0) is 18.8 Å². The summed E-state index contributed by atoms with van der Waals surface area (Å²) in [5.74, 6) is -5.01. The molecule has 0 aromatic rings. The van der Waals surface area contributed by atoms with E-state index >= 15 is 0 Å². The summed E-state index contributed by atoms with van der Waals surface area (Å²) < 4.78 is 0. The number of nitrogens with zero attached hydrogens (tertiary/aromatic N) is 1. The fourth-order valence-corrected chi connectivity index (χ4v) is 2.48. The van der Waals surface area contributed by atoms with Gasteiger partial charge in [0.1, 0.15) is 18.1 Å². The predicted molar refractivity (Wildman–Crippen MR) is 111 cm³/mol. The zero-order valence-electron chi connectivity index (χ0n) is 17.6. The lowest BCUT2D eigenvalue weighted by molar-refractivity contribution is -0.144. The van der Waals surface area contributed by atoms with Crippen LogP contribution in [0.4, 0.5) is 0 Å². The topological polar surface area (TPSA) is 258 Å². The normalized spacial score (nSPS) is 13.4. The van der Waals surface area contributed by atoms with Crippen LogP contribution < -0.4 is 38.9 Å². The second-order valence-corrected chi connectivity index (χ2v) is 7.07. The number of primary amides is 1. The summed E-state index contributed by atoms with van der Waals surface area (Å²) in [4.78, 5) is 63.0. The minimum absolute atomic E-state index is 0.118. The molecule has 0 bridgehead atoms. The summed E-state index contributed by atoms with van der Waals surface area (Å²) in [5.41, 5.74) is 20.8. The zero-order valence-corrected chi connectivity index (χ0v) is 17.6. The largest absolute Gasteiger partial charge is 0.480 e. The maximum atomic E-state index is 12.7. The molecule has 0 rings (SSSR count). The van der Waals surface area contributed by atoms with Crippen LogP contribution in [-0.4, -0.2) is 71.9 Å². The van der Waals surface area contributed by atoms with E-state index in [-0.39, 0.29) is 25.5 Å². The molecule has 0 radical (unpaired) electrons. The van der Waals surface area contributed by atoms with Crippen molar-refractivity contribution in [1.29, 1.82) is 0 Å². The SMILES string of the molecule is CC(C)C(NC(=O)C(CCCN=C(N)N)NC(=O)CN)C(=O)NC(CC(N)=O)C(=O)O. The van der Waals surface area contributed by atoms with Crippen molar-refractivity contribution < 1.29 is 29.1 Å². The second-order valence-electron chi connectivity index (χ2n) is 7.07. The lowest BCUT2D eigenvalue weighted by Gasteiger charge is -2.26. The third kappa shape index (κ3) is 11.4. The first-order chi connectivity index (χ1) is 14.4. The van der Waals surface area contributed by atoms with Crippen molar-refractivity contribution in [2.24, 2.45) is 33.8 Å². The van der Waals surface area contributed by atoms with E-state index in [1.54, 1.807) is 13.8 Å². The second kappa shape index (κ2) is 13.7. The average Bonchev–Trinajstić information content (AvgIpc) is 2.66. The van der Waals surface area contributed by atoms with Gasteiger partial charge in [0.2, 0.25) is 23.6 Å². The van der Waals surface area contributed by atoms with Gasteiger partial charge in [-0.15, -0.1) is 0 Å². The molecule has 14 nitrogen and oxygen atoms in total. The number of nitrogens with one attached hydrogen (secondary N) is 3. The number of carboxylic acid groups (broad SMARTS) is 1.